The van der Waals surface area contributed by atoms with Crippen molar-refractivity contribution in [2.24, 2.45) is 12.8 Å². The van der Waals surface area contributed by atoms with Crippen LogP contribution in [-0.2, 0) is 7.05 Å². The average Bonchev–Trinajstić information content (AvgIpc) is 2.77. The Morgan fingerprint density at radius 3 is 2.67 bits per heavy atom. The van der Waals surface area contributed by atoms with Gasteiger partial charge in [0, 0.05) is 53.6 Å². The van der Waals surface area contributed by atoms with Crippen LogP contribution in [0.25, 0.3) is 38.4 Å². The highest BCUT2D eigenvalue weighted by Crippen LogP contribution is 2.36. The fourth-order valence-electron chi connectivity index (χ4n) is 3.81. The van der Waals surface area contributed by atoms with Gasteiger partial charge in [0.15, 0.2) is 0 Å². The first-order valence-electron chi connectivity index (χ1n) is 9.48. The normalized spacial score (nSPS) is 11.8. The van der Waals surface area contributed by atoms with Crippen LogP contribution in [0.4, 0.5) is 0 Å². The molecule has 0 amide bonds. The van der Waals surface area contributed by atoms with Gasteiger partial charge in [-0.05, 0) is 41.6 Å². The van der Waals surface area contributed by atoms with Gasteiger partial charge >= 0.3 is 0 Å². The number of aryl methyl sites for hydroxylation is 2. The fraction of sp³-hybridized carbons (Fsp3) is 0.125. The maximum absolute atomic E-state index is 12.5. The number of hydrogen-bond acceptors (Lipinski definition) is 5. The molecule has 0 bridgehead atoms. The van der Waals surface area contributed by atoms with Crippen molar-refractivity contribution in [1.29, 1.82) is 5.41 Å². The van der Waals surface area contributed by atoms with Crippen LogP contribution in [0.2, 0.25) is 0 Å². The molecule has 0 aliphatic carbocycles. The third-order valence-electron chi connectivity index (χ3n) is 5.42. The van der Waals surface area contributed by atoms with E-state index in [0.29, 0.717) is 22.6 Å². The van der Waals surface area contributed by atoms with Crippen LogP contribution in [0.5, 0.6) is 5.75 Å². The Bertz CT molecular complexity index is 1400. The molecule has 6 nitrogen and oxygen atoms in total. The van der Waals surface area contributed by atoms with Crippen molar-refractivity contribution >= 4 is 33.5 Å². The van der Waals surface area contributed by atoms with Crippen molar-refractivity contribution in [2.45, 2.75) is 6.92 Å². The van der Waals surface area contributed by atoms with Crippen molar-refractivity contribution in [3.8, 4) is 16.9 Å². The molecule has 4 rings (SSSR count). The summed E-state index contributed by atoms with van der Waals surface area (Å²) in [6.45, 7) is 1.82. The minimum Gasteiger partial charge on any atom is -0.497 e. The van der Waals surface area contributed by atoms with Gasteiger partial charge in [-0.1, -0.05) is 18.2 Å². The molecule has 0 fully saturated rings. The number of fused-ring (bicyclic) bond motifs is 2. The number of methoxy groups -OCH3 is 1. The molecule has 2 aromatic carbocycles. The van der Waals surface area contributed by atoms with E-state index >= 15 is 0 Å². The highest BCUT2D eigenvalue weighted by atomic mass is 16.5. The highest BCUT2D eigenvalue weighted by Gasteiger charge is 2.14. The number of hydrogen-bond donors (Lipinski definition) is 2. The lowest BCUT2D eigenvalue weighted by molar-refractivity contribution is 0.415. The zero-order valence-corrected chi connectivity index (χ0v) is 17.1. The van der Waals surface area contributed by atoms with E-state index in [1.807, 2.05) is 49.4 Å². The molecule has 0 saturated carbocycles. The smallest absolute Gasteiger partial charge is 0.253 e. The lowest BCUT2D eigenvalue weighted by atomic mass is 9.94. The number of allylic oxidation sites excluding steroid dienone is 1. The molecule has 3 N–H and O–H groups in total. The topological polar surface area (TPSA) is 94.0 Å². The summed E-state index contributed by atoms with van der Waals surface area (Å²) in [6, 6.07) is 13.7. The van der Waals surface area contributed by atoms with E-state index < -0.39 is 0 Å². The van der Waals surface area contributed by atoms with Crippen LogP contribution in [-0.4, -0.2) is 22.9 Å². The number of rotatable bonds is 4. The maximum Gasteiger partial charge on any atom is 0.253 e. The van der Waals surface area contributed by atoms with Gasteiger partial charge in [0.05, 0.1) is 18.3 Å². The monoisotopic (exact) mass is 398 g/mol. The van der Waals surface area contributed by atoms with E-state index in [1.165, 1.54) is 12.4 Å². The number of nitrogens with one attached hydrogen (secondary N) is 1. The Morgan fingerprint density at radius 2 is 1.97 bits per heavy atom. The molecule has 2 heterocycles. The minimum absolute atomic E-state index is 0.0290. The van der Waals surface area contributed by atoms with Crippen LogP contribution < -0.4 is 16.0 Å². The molecule has 0 saturated heterocycles. The lowest BCUT2D eigenvalue weighted by Crippen LogP contribution is -2.19. The maximum atomic E-state index is 12.5. The van der Waals surface area contributed by atoms with Gasteiger partial charge < -0.3 is 20.4 Å². The van der Waals surface area contributed by atoms with E-state index in [0.717, 1.165) is 32.8 Å². The van der Waals surface area contributed by atoms with E-state index in [1.54, 1.807) is 24.9 Å². The summed E-state index contributed by atoms with van der Waals surface area (Å²) in [7, 11) is 3.39. The Kier molecular flexibility index (Phi) is 4.83. The van der Waals surface area contributed by atoms with E-state index in [-0.39, 0.29) is 5.56 Å². The Labute approximate surface area is 173 Å². The van der Waals surface area contributed by atoms with Crippen molar-refractivity contribution in [2.75, 3.05) is 7.11 Å². The zero-order valence-electron chi connectivity index (χ0n) is 17.1. The van der Waals surface area contributed by atoms with Crippen LogP contribution >= 0.6 is 0 Å². The molecule has 30 heavy (non-hydrogen) atoms. The largest absolute Gasteiger partial charge is 0.497 e. The average molecular weight is 398 g/mol. The Balaban J connectivity index is 2.07. The first kappa shape index (κ1) is 19.4. The van der Waals surface area contributed by atoms with Crippen molar-refractivity contribution in [3.05, 3.63) is 76.5 Å². The minimum atomic E-state index is -0.0290. The number of nitrogens with two attached hydrogens (primary N) is 1. The van der Waals surface area contributed by atoms with Gasteiger partial charge in [-0.25, -0.2) is 0 Å². The summed E-state index contributed by atoms with van der Waals surface area (Å²) in [6.07, 6.45) is 4.37. The Hall–Kier alpha value is -3.93. The Morgan fingerprint density at radius 1 is 1.17 bits per heavy atom. The SMILES string of the molecule is COc1cc(-c2cccc3cc(/C(C=N)=C/N)ncc23)c2cc(C)c(=O)n(C)c2c1. The summed E-state index contributed by atoms with van der Waals surface area (Å²) in [4.78, 5) is 17.0. The summed E-state index contributed by atoms with van der Waals surface area (Å²) in [5.41, 5.74) is 10.2. The lowest BCUT2D eigenvalue weighted by Gasteiger charge is -2.15. The molecule has 0 aliphatic rings. The molecule has 0 unspecified atom stereocenters. The molecule has 0 atom stereocenters. The van der Waals surface area contributed by atoms with Gasteiger partial charge in [-0.15, -0.1) is 0 Å². The summed E-state index contributed by atoms with van der Waals surface area (Å²) in [5, 5.41) is 10.4. The first-order valence-corrected chi connectivity index (χ1v) is 9.48. The molecular weight excluding hydrogens is 376 g/mol. The molecule has 0 radical (unpaired) electrons. The van der Waals surface area contributed by atoms with Crippen molar-refractivity contribution in [1.82, 2.24) is 9.55 Å². The number of ether oxygens (including phenoxy) is 1. The van der Waals surface area contributed by atoms with E-state index in [9.17, 15) is 4.79 Å². The molecular formula is C24H22N4O2. The van der Waals surface area contributed by atoms with Gasteiger partial charge in [0.1, 0.15) is 5.75 Å². The van der Waals surface area contributed by atoms with Gasteiger partial charge in [0.25, 0.3) is 5.56 Å². The molecule has 0 spiro atoms. The first-order chi connectivity index (χ1) is 14.5. The predicted molar refractivity (Wildman–Crippen MR) is 122 cm³/mol. The quantitative estimate of drug-likeness (QED) is 0.508. The van der Waals surface area contributed by atoms with Crippen LogP contribution in [0.3, 0.4) is 0 Å². The summed E-state index contributed by atoms with van der Waals surface area (Å²) in [5.74, 6) is 0.676. The molecule has 150 valence electrons. The van der Waals surface area contributed by atoms with Crippen LogP contribution in [0.15, 0.2) is 59.7 Å². The fourth-order valence-corrected chi connectivity index (χ4v) is 3.81. The highest BCUT2D eigenvalue weighted by molar-refractivity contribution is 6.10. The zero-order chi connectivity index (χ0) is 21.4. The molecule has 6 heteroatoms. The second-order valence-corrected chi connectivity index (χ2v) is 7.16. The summed E-state index contributed by atoms with van der Waals surface area (Å²) >= 11 is 0. The van der Waals surface area contributed by atoms with Crippen LogP contribution in [0.1, 0.15) is 11.3 Å². The number of pyridine rings is 2. The second-order valence-electron chi connectivity index (χ2n) is 7.16. The third kappa shape index (κ3) is 3.03. The van der Waals surface area contributed by atoms with E-state index in [2.05, 4.69) is 4.98 Å². The van der Waals surface area contributed by atoms with E-state index in [4.69, 9.17) is 15.9 Å². The summed E-state index contributed by atoms with van der Waals surface area (Å²) < 4.78 is 7.18. The standard InChI is InChI=1S/C24H22N4O2/c1-14-7-20-19(9-17(30-3)10-23(20)28(2)24(14)29)18-6-4-5-15-8-22(16(11-25)12-26)27-13-21(15)18/h4-13,25H,26H2,1-3H3/b16-12+,25-11?. The number of aromatic nitrogens is 2. The third-order valence-corrected chi connectivity index (χ3v) is 5.42. The van der Waals surface area contributed by atoms with Crippen molar-refractivity contribution < 1.29 is 4.74 Å². The molecule has 2 aromatic heterocycles. The number of benzene rings is 2. The van der Waals surface area contributed by atoms with Crippen LogP contribution in [0, 0.1) is 12.3 Å². The molecule has 0 aliphatic heterocycles. The van der Waals surface area contributed by atoms with Gasteiger partial charge in [-0.3, -0.25) is 9.78 Å². The van der Waals surface area contributed by atoms with Crippen molar-refractivity contribution in [3.63, 3.8) is 0 Å². The number of nitrogens with zero attached hydrogens (tertiary/aromatic N) is 2. The van der Waals surface area contributed by atoms with Gasteiger partial charge in [0.2, 0.25) is 0 Å². The predicted octanol–water partition coefficient (Wildman–Crippen LogP) is 4.02. The molecule has 4 aromatic rings. The van der Waals surface area contributed by atoms with Gasteiger partial charge in [-0.2, -0.15) is 0 Å². The second kappa shape index (κ2) is 7.48.